The van der Waals surface area contributed by atoms with E-state index in [1.54, 1.807) is 35.6 Å². The number of aliphatic hydroxyl groups excluding tert-OH is 1. The van der Waals surface area contributed by atoms with E-state index in [4.69, 9.17) is 10.8 Å². The number of carboxylic acids is 1. The second-order valence-electron chi connectivity index (χ2n) is 6.79. The Morgan fingerprint density at radius 2 is 1.61 bits per heavy atom. The third-order valence-electron chi connectivity index (χ3n) is 4.47. The molecule has 0 aliphatic rings. The van der Waals surface area contributed by atoms with Crippen molar-refractivity contribution in [2.75, 3.05) is 0 Å². The van der Waals surface area contributed by atoms with Crippen molar-refractivity contribution in [2.24, 2.45) is 5.73 Å². The Morgan fingerprint density at radius 3 is 2.16 bits per heavy atom. The number of carbonyl (C=O) groups excluding carboxylic acids is 1. The number of alkyl halides is 5. The van der Waals surface area contributed by atoms with Gasteiger partial charge in [0.15, 0.2) is 0 Å². The molecule has 2 rings (SSSR count). The molecule has 6 nitrogen and oxygen atoms in total. The zero-order valence-electron chi connectivity index (χ0n) is 15.8. The van der Waals surface area contributed by atoms with Gasteiger partial charge >= 0.3 is 18.1 Å². The highest BCUT2D eigenvalue weighted by molar-refractivity contribution is 5.84. The molecule has 0 aliphatic carbocycles. The van der Waals surface area contributed by atoms with Gasteiger partial charge in [-0.3, -0.25) is 4.79 Å². The summed E-state index contributed by atoms with van der Waals surface area (Å²) in [6.07, 6.45) is -6.93. The Bertz CT molecular complexity index is 921. The second-order valence-corrected chi connectivity index (χ2v) is 6.79. The normalized spacial score (nSPS) is 15.1. The lowest BCUT2D eigenvalue weighted by Gasteiger charge is -2.27. The van der Waals surface area contributed by atoms with Crippen molar-refractivity contribution in [3.05, 3.63) is 71.3 Å². The van der Waals surface area contributed by atoms with Gasteiger partial charge in [0, 0.05) is 6.04 Å². The van der Waals surface area contributed by atoms with E-state index >= 15 is 0 Å². The van der Waals surface area contributed by atoms with Gasteiger partial charge in [0.05, 0.1) is 5.56 Å². The quantitative estimate of drug-likeness (QED) is 0.466. The van der Waals surface area contributed by atoms with E-state index in [0.29, 0.717) is 17.7 Å². The molecular formula is C20H19F5N2O4. The summed E-state index contributed by atoms with van der Waals surface area (Å²) in [5, 5.41) is 20.6. The molecule has 0 saturated heterocycles. The van der Waals surface area contributed by atoms with Gasteiger partial charge in [0.25, 0.3) is 5.91 Å². The maximum Gasteiger partial charge on any atom is 0.416 e. The maximum atomic E-state index is 14.3. The highest BCUT2D eigenvalue weighted by Crippen LogP contribution is 2.36. The van der Waals surface area contributed by atoms with E-state index in [0.717, 1.165) is 12.1 Å². The number of rotatable bonds is 8. The summed E-state index contributed by atoms with van der Waals surface area (Å²) in [6, 6.07) is 6.94. The Morgan fingerprint density at radius 1 is 1.00 bits per heavy atom. The van der Waals surface area contributed by atoms with Crippen molar-refractivity contribution in [3.63, 3.8) is 0 Å². The molecule has 0 fully saturated rings. The minimum absolute atomic E-state index is 0.0149. The van der Waals surface area contributed by atoms with Gasteiger partial charge < -0.3 is 21.3 Å². The lowest BCUT2D eigenvalue weighted by atomic mass is 9.96. The van der Waals surface area contributed by atoms with Crippen LogP contribution in [0.25, 0.3) is 0 Å². The van der Waals surface area contributed by atoms with Crippen LogP contribution >= 0.6 is 0 Å². The fraction of sp³-hybridized carbons (Fsp3) is 0.300. The number of benzene rings is 2. The van der Waals surface area contributed by atoms with Crippen LogP contribution in [0.15, 0.2) is 54.6 Å². The fourth-order valence-electron chi connectivity index (χ4n) is 2.82. The molecule has 0 heterocycles. The van der Waals surface area contributed by atoms with Crippen LogP contribution in [0.4, 0.5) is 22.0 Å². The van der Waals surface area contributed by atoms with Crippen molar-refractivity contribution in [3.8, 4) is 0 Å². The molecule has 1 unspecified atom stereocenters. The van der Waals surface area contributed by atoms with Crippen LogP contribution in [-0.2, 0) is 22.2 Å². The Labute approximate surface area is 173 Å². The largest absolute Gasteiger partial charge is 0.477 e. The van der Waals surface area contributed by atoms with Gasteiger partial charge in [-0.15, -0.1) is 0 Å². The highest BCUT2D eigenvalue weighted by atomic mass is 19.4. The molecule has 3 atom stereocenters. The van der Waals surface area contributed by atoms with Gasteiger partial charge in [0.2, 0.25) is 0 Å². The average Bonchev–Trinajstić information content (AvgIpc) is 2.71. The van der Waals surface area contributed by atoms with Crippen molar-refractivity contribution in [2.45, 2.75) is 36.7 Å². The van der Waals surface area contributed by atoms with Crippen molar-refractivity contribution >= 4 is 11.9 Å². The molecule has 5 N–H and O–H groups in total. The summed E-state index contributed by atoms with van der Waals surface area (Å²) >= 11 is 0. The molecule has 11 heteroatoms. The molecular weight excluding hydrogens is 427 g/mol. The van der Waals surface area contributed by atoms with E-state index in [9.17, 15) is 36.6 Å². The van der Waals surface area contributed by atoms with Gasteiger partial charge in [0.1, 0.15) is 12.1 Å². The van der Waals surface area contributed by atoms with Gasteiger partial charge in [-0.2, -0.15) is 22.0 Å². The third kappa shape index (κ3) is 5.98. The second kappa shape index (κ2) is 9.40. The van der Waals surface area contributed by atoms with Crippen molar-refractivity contribution < 1.29 is 41.8 Å². The van der Waals surface area contributed by atoms with Crippen molar-refractivity contribution in [1.82, 2.24) is 5.32 Å². The van der Waals surface area contributed by atoms with Crippen molar-refractivity contribution in [1.29, 1.82) is 0 Å². The monoisotopic (exact) mass is 446 g/mol. The lowest BCUT2D eigenvalue weighted by Crippen LogP contribution is -2.52. The summed E-state index contributed by atoms with van der Waals surface area (Å²) < 4.78 is 67.4. The van der Waals surface area contributed by atoms with E-state index in [-0.39, 0.29) is 6.42 Å². The summed E-state index contributed by atoms with van der Waals surface area (Å²) in [5.41, 5.74) is 4.26. The zero-order chi connectivity index (χ0) is 23.4. The molecule has 1 amide bonds. The minimum Gasteiger partial charge on any atom is -0.477 e. The first-order valence-corrected chi connectivity index (χ1v) is 8.90. The smallest absolute Gasteiger partial charge is 0.416 e. The van der Waals surface area contributed by atoms with Crippen LogP contribution in [0.3, 0.4) is 0 Å². The number of nitrogens with two attached hydrogens (primary N) is 1. The van der Waals surface area contributed by atoms with E-state index in [1.807, 2.05) is 0 Å². The molecule has 2 aromatic carbocycles. The fourth-order valence-corrected chi connectivity index (χ4v) is 2.82. The van der Waals surface area contributed by atoms with Crippen LogP contribution in [-0.4, -0.2) is 40.2 Å². The molecule has 168 valence electrons. The lowest BCUT2D eigenvalue weighted by molar-refractivity contribution is -0.171. The van der Waals surface area contributed by atoms with Crippen LogP contribution in [0.5, 0.6) is 0 Å². The minimum atomic E-state index is -4.89. The predicted octanol–water partition coefficient (Wildman–Crippen LogP) is 2.51. The number of halogens is 5. The van der Waals surface area contributed by atoms with Gasteiger partial charge in [-0.05, 0) is 29.7 Å². The number of carboxylic acid groups (broad SMARTS) is 1. The van der Waals surface area contributed by atoms with Crippen LogP contribution in [0.1, 0.15) is 22.7 Å². The molecule has 0 aromatic heterocycles. The first-order chi connectivity index (χ1) is 14.3. The summed E-state index contributed by atoms with van der Waals surface area (Å²) in [7, 11) is 0. The Balaban J connectivity index is 2.29. The molecule has 0 radical (unpaired) electrons. The van der Waals surface area contributed by atoms with Crippen LogP contribution in [0, 0.1) is 0 Å². The standard InChI is InChI=1S/C20H19F5N2O4/c21-19(22,18(30)31)16(12-7-4-8-13(10-12)20(23,24)25)27-17(29)15(28)14(26)9-11-5-2-1-3-6-11/h1-8,10,14-16,28H,9,26H2,(H,27,29)(H,30,31)/t14-,15+,16?/m1/s1. The molecule has 0 bridgehead atoms. The molecule has 31 heavy (non-hydrogen) atoms. The number of amides is 1. The number of hydrogen-bond donors (Lipinski definition) is 4. The van der Waals surface area contributed by atoms with Gasteiger partial charge in [-0.25, -0.2) is 4.79 Å². The van der Waals surface area contributed by atoms with Gasteiger partial charge in [-0.1, -0.05) is 42.5 Å². The molecule has 0 saturated carbocycles. The maximum absolute atomic E-state index is 14.3. The molecule has 0 aliphatic heterocycles. The molecule has 2 aromatic rings. The van der Waals surface area contributed by atoms with Crippen LogP contribution in [0.2, 0.25) is 0 Å². The van der Waals surface area contributed by atoms with E-state index in [2.05, 4.69) is 0 Å². The number of nitrogens with one attached hydrogen (secondary N) is 1. The first kappa shape index (κ1) is 24.2. The highest BCUT2D eigenvalue weighted by Gasteiger charge is 2.50. The number of carbonyl (C=O) groups is 2. The van der Waals surface area contributed by atoms with E-state index < -0.39 is 53.3 Å². The number of hydrogen-bond acceptors (Lipinski definition) is 4. The summed E-state index contributed by atoms with van der Waals surface area (Å²) in [4.78, 5) is 23.4. The first-order valence-electron chi connectivity index (χ1n) is 8.90. The average molecular weight is 446 g/mol. The summed E-state index contributed by atoms with van der Waals surface area (Å²) in [6.45, 7) is 0. The number of aliphatic carboxylic acids is 1. The van der Waals surface area contributed by atoms with E-state index in [1.165, 1.54) is 0 Å². The Hall–Kier alpha value is -3.05. The number of aliphatic hydroxyl groups is 1. The zero-order valence-corrected chi connectivity index (χ0v) is 15.8. The SMILES string of the molecule is N[C@H](Cc1ccccc1)[C@H](O)C(=O)NC(c1cccc(C(F)(F)F)c1)C(F)(F)C(=O)O. The van der Waals surface area contributed by atoms with Crippen LogP contribution < -0.4 is 11.1 Å². The topological polar surface area (TPSA) is 113 Å². The predicted molar refractivity (Wildman–Crippen MR) is 99.0 cm³/mol. The third-order valence-corrected chi connectivity index (χ3v) is 4.47. The Kier molecular flexibility index (Phi) is 7.34. The summed E-state index contributed by atoms with van der Waals surface area (Å²) in [5.74, 6) is -8.80. The molecule has 0 spiro atoms.